The number of ether oxygens (including phenoxy) is 3. The standard InChI is InChI=1S/C29H25NO5/c1-5-30-16-20(23-14-21(33-4)9-10-24(23)30)13-26-28(31)27-18(3)12-22(15-25(27)35-26)34-29(32)19-8-6-7-17(2)11-19/h6-16H,5H2,1-4H3/b26-13-. The minimum atomic E-state index is -0.463. The highest BCUT2D eigenvalue weighted by Gasteiger charge is 2.30. The van der Waals surface area contributed by atoms with Gasteiger partial charge in [-0.1, -0.05) is 17.7 Å². The van der Waals surface area contributed by atoms with E-state index in [0.717, 1.165) is 34.3 Å². The molecule has 35 heavy (non-hydrogen) atoms. The van der Waals surface area contributed by atoms with E-state index in [2.05, 4.69) is 11.5 Å². The number of methoxy groups -OCH3 is 1. The fourth-order valence-electron chi connectivity index (χ4n) is 4.42. The third-order valence-corrected chi connectivity index (χ3v) is 6.15. The van der Waals surface area contributed by atoms with Gasteiger partial charge in [0.1, 0.15) is 17.2 Å². The van der Waals surface area contributed by atoms with Gasteiger partial charge >= 0.3 is 5.97 Å². The number of nitrogens with zero attached hydrogens (tertiary/aromatic N) is 1. The van der Waals surface area contributed by atoms with Gasteiger partial charge in [-0.25, -0.2) is 4.79 Å². The zero-order valence-electron chi connectivity index (χ0n) is 20.0. The van der Waals surface area contributed by atoms with Gasteiger partial charge in [0.2, 0.25) is 5.78 Å². The summed E-state index contributed by atoms with van der Waals surface area (Å²) in [6.45, 7) is 6.57. The van der Waals surface area contributed by atoms with Crippen LogP contribution in [0.3, 0.4) is 0 Å². The molecule has 0 bridgehead atoms. The second-order valence-corrected chi connectivity index (χ2v) is 8.57. The highest BCUT2D eigenvalue weighted by molar-refractivity contribution is 6.16. The van der Waals surface area contributed by atoms with E-state index in [-0.39, 0.29) is 11.5 Å². The Labute approximate surface area is 203 Å². The van der Waals surface area contributed by atoms with Gasteiger partial charge in [-0.3, -0.25) is 4.79 Å². The lowest BCUT2D eigenvalue weighted by atomic mass is 10.0. The lowest BCUT2D eigenvalue weighted by Gasteiger charge is -2.08. The number of Topliss-reactive ketones (excluding diaryl/α,β-unsaturated/α-hetero) is 1. The van der Waals surface area contributed by atoms with Crippen molar-refractivity contribution in [3.63, 3.8) is 0 Å². The summed E-state index contributed by atoms with van der Waals surface area (Å²) in [4.78, 5) is 25.8. The lowest BCUT2D eigenvalue weighted by molar-refractivity contribution is 0.0734. The smallest absolute Gasteiger partial charge is 0.343 e. The van der Waals surface area contributed by atoms with Crippen molar-refractivity contribution < 1.29 is 23.8 Å². The summed E-state index contributed by atoms with van der Waals surface area (Å²) in [6, 6.07) is 16.4. The summed E-state index contributed by atoms with van der Waals surface area (Å²) in [5.74, 6) is 1.01. The van der Waals surface area contributed by atoms with E-state index in [1.54, 1.807) is 44.4 Å². The first-order valence-corrected chi connectivity index (χ1v) is 11.4. The van der Waals surface area contributed by atoms with Crippen molar-refractivity contribution in [3.05, 3.63) is 94.4 Å². The molecule has 0 fully saturated rings. The molecule has 0 saturated heterocycles. The van der Waals surface area contributed by atoms with Crippen molar-refractivity contribution in [2.45, 2.75) is 27.3 Å². The maximum Gasteiger partial charge on any atom is 0.343 e. The number of benzene rings is 3. The predicted molar refractivity (Wildman–Crippen MR) is 134 cm³/mol. The van der Waals surface area contributed by atoms with Crippen LogP contribution in [0.15, 0.2) is 66.6 Å². The minimum absolute atomic E-state index is 0.200. The van der Waals surface area contributed by atoms with Crippen LogP contribution in [0, 0.1) is 13.8 Å². The Bertz CT molecular complexity index is 1530. The molecule has 4 aromatic rings. The molecule has 1 aromatic heterocycles. The first-order chi connectivity index (χ1) is 16.9. The number of allylic oxidation sites excluding steroid dienone is 1. The summed E-state index contributed by atoms with van der Waals surface area (Å²) in [6.07, 6.45) is 3.76. The zero-order valence-corrected chi connectivity index (χ0v) is 20.0. The van der Waals surface area contributed by atoms with Crippen molar-refractivity contribution in [1.82, 2.24) is 4.57 Å². The summed E-state index contributed by atoms with van der Waals surface area (Å²) in [5.41, 5.74) is 4.49. The van der Waals surface area contributed by atoms with Crippen LogP contribution in [0.25, 0.3) is 17.0 Å². The van der Waals surface area contributed by atoms with Gasteiger partial charge in [-0.2, -0.15) is 0 Å². The molecule has 0 unspecified atom stereocenters. The molecule has 6 heteroatoms. The molecule has 0 N–H and O–H groups in total. The van der Waals surface area contributed by atoms with E-state index in [1.165, 1.54) is 0 Å². The molecule has 0 radical (unpaired) electrons. The van der Waals surface area contributed by atoms with Crippen LogP contribution in [0.5, 0.6) is 17.2 Å². The van der Waals surface area contributed by atoms with Gasteiger partial charge in [0.15, 0.2) is 5.76 Å². The lowest BCUT2D eigenvalue weighted by Crippen LogP contribution is -2.09. The second-order valence-electron chi connectivity index (χ2n) is 8.57. The van der Waals surface area contributed by atoms with Crippen LogP contribution in [0.1, 0.15) is 44.3 Å². The highest BCUT2D eigenvalue weighted by Crippen LogP contribution is 2.38. The summed E-state index contributed by atoms with van der Waals surface area (Å²) in [5, 5.41) is 0.968. The average Bonchev–Trinajstić information content (AvgIpc) is 3.35. The Morgan fingerprint density at radius 2 is 1.89 bits per heavy atom. The van der Waals surface area contributed by atoms with Gasteiger partial charge < -0.3 is 18.8 Å². The molecule has 0 amide bonds. The minimum Gasteiger partial charge on any atom is -0.497 e. The zero-order chi connectivity index (χ0) is 24.7. The number of fused-ring (bicyclic) bond motifs is 2. The summed E-state index contributed by atoms with van der Waals surface area (Å²) in [7, 11) is 1.63. The maximum absolute atomic E-state index is 13.2. The number of carbonyl (C=O) groups excluding carboxylic acids is 2. The quantitative estimate of drug-likeness (QED) is 0.201. The topological polar surface area (TPSA) is 66.8 Å². The number of hydrogen-bond acceptors (Lipinski definition) is 5. The van der Waals surface area contributed by atoms with E-state index >= 15 is 0 Å². The number of carbonyl (C=O) groups is 2. The van der Waals surface area contributed by atoms with Crippen LogP contribution in [0.2, 0.25) is 0 Å². The molecular formula is C29H25NO5. The van der Waals surface area contributed by atoms with Crippen molar-refractivity contribution in [2.75, 3.05) is 7.11 Å². The molecule has 0 aliphatic carbocycles. The summed E-state index contributed by atoms with van der Waals surface area (Å²) >= 11 is 0. The van der Waals surface area contributed by atoms with Crippen molar-refractivity contribution in [3.8, 4) is 17.2 Å². The van der Waals surface area contributed by atoms with E-state index in [4.69, 9.17) is 14.2 Å². The molecule has 1 aliphatic rings. The van der Waals surface area contributed by atoms with E-state index in [0.29, 0.717) is 28.2 Å². The second kappa shape index (κ2) is 8.80. The third kappa shape index (κ3) is 4.08. The van der Waals surface area contributed by atoms with Crippen LogP contribution in [-0.4, -0.2) is 23.4 Å². The molecule has 2 heterocycles. The Kier molecular flexibility index (Phi) is 5.65. The molecule has 0 saturated carbocycles. The molecule has 0 spiro atoms. The van der Waals surface area contributed by atoms with Crippen LogP contribution >= 0.6 is 0 Å². The molecule has 0 atom stereocenters. The third-order valence-electron chi connectivity index (χ3n) is 6.15. The van der Waals surface area contributed by atoms with E-state index in [1.807, 2.05) is 43.5 Å². The van der Waals surface area contributed by atoms with Gasteiger partial charge in [0, 0.05) is 35.3 Å². The van der Waals surface area contributed by atoms with Gasteiger partial charge in [-0.05, 0) is 68.8 Å². The SMILES string of the molecule is CCn1cc(/C=C2\Oc3cc(OC(=O)c4cccc(C)c4)cc(C)c3C2=O)c2cc(OC)ccc21. The Hall–Kier alpha value is -4.32. The first-order valence-electron chi connectivity index (χ1n) is 11.4. The Balaban J connectivity index is 1.48. The normalized spacial score (nSPS) is 13.7. The van der Waals surface area contributed by atoms with Crippen LogP contribution in [0.4, 0.5) is 0 Å². The Morgan fingerprint density at radius 1 is 1.06 bits per heavy atom. The van der Waals surface area contributed by atoms with Crippen molar-refractivity contribution in [2.24, 2.45) is 0 Å². The fourth-order valence-corrected chi connectivity index (χ4v) is 4.42. The molecular weight excluding hydrogens is 442 g/mol. The average molecular weight is 468 g/mol. The summed E-state index contributed by atoms with van der Waals surface area (Å²) < 4.78 is 19.1. The van der Waals surface area contributed by atoms with E-state index < -0.39 is 5.97 Å². The van der Waals surface area contributed by atoms with Crippen LogP contribution < -0.4 is 14.2 Å². The molecule has 3 aromatic carbocycles. The van der Waals surface area contributed by atoms with Crippen molar-refractivity contribution >= 4 is 28.7 Å². The number of ketones is 1. The molecule has 5 rings (SSSR count). The highest BCUT2D eigenvalue weighted by atomic mass is 16.5. The monoisotopic (exact) mass is 467 g/mol. The van der Waals surface area contributed by atoms with Gasteiger partial charge in [0.05, 0.1) is 18.2 Å². The largest absolute Gasteiger partial charge is 0.497 e. The van der Waals surface area contributed by atoms with Crippen LogP contribution in [-0.2, 0) is 6.54 Å². The maximum atomic E-state index is 13.2. The fraction of sp³-hybridized carbons (Fsp3) is 0.172. The number of aryl methyl sites for hydroxylation is 3. The predicted octanol–water partition coefficient (Wildman–Crippen LogP) is 6.12. The number of aromatic nitrogens is 1. The molecule has 176 valence electrons. The van der Waals surface area contributed by atoms with Gasteiger partial charge in [-0.15, -0.1) is 0 Å². The number of rotatable bonds is 5. The van der Waals surface area contributed by atoms with Crippen molar-refractivity contribution in [1.29, 1.82) is 0 Å². The number of hydrogen-bond donors (Lipinski definition) is 0. The van der Waals surface area contributed by atoms with E-state index in [9.17, 15) is 9.59 Å². The Morgan fingerprint density at radius 3 is 2.63 bits per heavy atom. The van der Waals surface area contributed by atoms with Gasteiger partial charge in [0.25, 0.3) is 0 Å². The molecule has 1 aliphatic heterocycles. The number of esters is 1. The molecule has 6 nitrogen and oxygen atoms in total. The first kappa shape index (κ1) is 22.5.